The fourth-order valence-corrected chi connectivity index (χ4v) is 5.06. The summed E-state index contributed by atoms with van der Waals surface area (Å²) in [7, 11) is 0. The van der Waals surface area contributed by atoms with E-state index in [1.165, 1.54) is 51.4 Å². The SMILES string of the molecule is CCCCCCCCC/C=C\CCCCCCCC(=O)OC(COC(=O)CCCCC)COC1OC(CO)C(O)C(O)C1O. The summed E-state index contributed by atoms with van der Waals surface area (Å²) in [5.74, 6) is -0.845. The summed E-state index contributed by atoms with van der Waals surface area (Å²) in [6, 6.07) is 0. The standard InChI is InChI=1S/C34H62O10/c1-3-5-7-8-9-10-11-12-13-14-15-16-17-18-19-21-23-30(37)43-27(25-41-29(36)22-20-6-4-2)26-42-34-33(40)32(39)31(38)28(24-35)44-34/h13-14,27-28,31-35,38-40H,3-12,15-26H2,1-2H3/b14-13-. The third-order valence-electron chi connectivity index (χ3n) is 7.90. The number of hydrogen-bond acceptors (Lipinski definition) is 10. The van der Waals surface area contributed by atoms with Gasteiger partial charge in [0.25, 0.3) is 0 Å². The minimum absolute atomic E-state index is 0.222. The van der Waals surface area contributed by atoms with Crippen molar-refractivity contribution in [2.75, 3.05) is 19.8 Å². The van der Waals surface area contributed by atoms with E-state index in [9.17, 15) is 30.0 Å². The van der Waals surface area contributed by atoms with Crippen LogP contribution < -0.4 is 0 Å². The number of rotatable bonds is 27. The largest absolute Gasteiger partial charge is 0.462 e. The van der Waals surface area contributed by atoms with Crippen molar-refractivity contribution < 1.29 is 49.0 Å². The van der Waals surface area contributed by atoms with Crippen LogP contribution in [-0.4, -0.2) is 89.0 Å². The molecule has 6 atom stereocenters. The summed E-state index contributed by atoms with van der Waals surface area (Å²) in [4.78, 5) is 24.7. The van der Waals surface area contributed by atoms with E-state index in [1.807, 2.05) is 6.92 Å². The van der Waals surface area contributed by atoms with Crippen LogP contribution in [-0.2, 0) is 28.5 Å². The summed E-state index contributed by atoms with van der Waals surface area (Å²) in [6.45, 7) is 3.20. The molecule has 1 aliphatic heterocycles. The Labute approximate surface area is 265 Å². The fraction of sp³-hybridized carbons (Fsp3) is 0.882. The zero-order valence-electron chi connectivity index (χ0n) is 27.4. The van der Waals surface area contributed by atoms with Gasteiger partial charge in [0, 0.05) is 12.8 Å². The summed E-state index contributed by atoms with van der Waals surface area (Å²) in [6.07, 6.45) is 16.0. The molecule has 0 aliphatic carbocycles. The lowest BCUT2D eigenvalue weighted by Crippen LogP contribution is -2.59. The molecule has 1 saturated heterocycles. The number of carbonyl (C=O) groups is 2. The molecule has 1 aliphatic rings. The third-order valence-corrected chi connectivity index (χ3v) is 7.90. The van der Waals surface area contributed by atoms with E-state index in [1.54, 1.807) is 0 Å². The highest BCUT2D eigenvalue weighted by Crippen LogP contribution is 2.22. The smallest absolute Gasteiger partial charge is 0.306 e. The van der Waals surface area contributed by atoms with Gasteiger partial charge in [-0.3, -0.25) is 9.59 Å². The summed E-state index contributed by atoms with van der Waals surface area (Å²) >= 11 is 0. The van der Waals surface area contributed by atoms with Gasteiger partial charge in [-0.25, -0.2) is 0 Å². The average molecular weight is 631 g/mol. The van der Waals surface area contributed by atoms with Crippen LogP contribution in [0.4, 0.5) is 0 Å². The second-order valence-electron chi connectivity index (χ2n) is 12.0. The molecule has 0 aromatic rings. The van der Waals surface area contributed by atoms with Crippen LogP contribution in [0.25, 0.3) is 0 Å². The Morgan fingerprint density at radius 3 is 1.82 bits per heavy atom. The van der Waals surface area contributed by atoms with E-state index < -0.39 is 55.4 Å². The first kappa shape index (κ1) is 40.5. The molecule has 0 amide bonds. The highest BCUT2D eigenvalue weighted by Gasteiger charge is 2.44. The van der Waals surface area contributed by atoms with Crippen molar-refractivity contribution in [3.8, 4) is 0 Å². The van der Waals surface area contributed by atoms with Gasteiger partial charge in [0.05, 0.1) is 13.2 Å². The second kappa shape index (κ2) is 26.6. The minimum Gasteiger partial charge on any atom is -0.462 e. The molecule has 0 saturated carbocycles. The number of carbonyl (C=O) groups excluding carboxylic acids is 2. The van der Waals surface area contributed by atoms with E-state index in [0.717, 1.165) is 44.9 Å². The first-order valence-corrected chi connectivity index (χ1v) is 17.3. The van der Waals surface area contributed by atoms with Gasteiger partial charge in [0.1, 0.15) is 31.0 Å². The van der Waals surface area contributed by atoms with Gasteiger partial charge in [-0.2, -0.15) is 0 Å². The molecule has 1 heterocycles. The summed E-state index contributed by atoms with van der Waals surface area (Å²) < 4.78 is 21.7. The molecule has 6 unspecified atom stereocenters. The molecule has 0 spiro atoms. The number of aliphatic hydroxyl groups excluding tert-OH is 4. The average Bonchev–Trinajstić information content (AvgIpc) is 3.01. The van der Waals surface area contributed by atoms with E-state index >= 15 is 0 Å². The van der Waals surface area contributed by atoms with Crippen LogP contribution in [0.3, 0.4) is 0 Å². The quantitative estimate of drug-likeness (QED) is 0.0537. The molecular formula is C34H62O10. The van der Waals surface area contributed by atoms with Crippen LogP contribution >= 0.6 is 0 Å². The van der Waals surface area contributed by atoms with Crippen LogP contribution in [0.5, 0.6) is 0 Å². The Balaban J connectivity index is 2.33. The summed E-state index contributed by atoms with van der Waals surface area (Å²) in [5, 5.41) is 39.6. The first-order chi connectivity index (χ1) is 21.3. The Hall–Kier alpha value is -1.56. The lowest BCUT2D eigenvalue weighted by Gasteiger charge is -2.39. The van der Waals surface area contributed by atoms with Crippen molar-refractivity contribution in [2.24, 2.45) is 0 Å². The zero-order valence-corrected chi connectivity index (χ0v) is 27.4. The van der Waals surface area contributed by atoms with Gasteiger partial charge in [0.2, 0.25) is 0 Å². The van der Waals surface area contributed by atoms with Crippen molar-refractivity contribution in [2.45, 2.75) is 173 Å². The van der Waals surface area contributed by atoms with Gasteiger partial charge in [-0.15, -0.1) is 0 Å². The van der Waals surface area contributed by atoms with Gasteiger partial charge < -0.3 is 39.4 Å². The molecular weight excluding hydrogens is 568 g/mol. The maximum atomic E-state index is 12.6. The maximum absolute atomic E-state index is 12.6. The highest BCUT2D eigenvalue weighted by atomic mass is 16.7. The van der Waals surface area contributed by atoms with Crippen molar-refractivity contribution in [3.05, 3.63) is 12.2 Å². The first-order valence-electron chi connectivity index (χ1n) is 17.3. The lowest BCUT2D eigenvalue weighted by atomic mass is 9.99. The van der Waals surface area contributed by atoms with Crippen LogP contribution in [0.2, 0.25) is 0 Å². The highest BCUT2D eigenvalue weighted by molar-refractivity contribution is 5.70. The normalized spacial score (nSPS) is 22.7. The second-order valence-corrected chi connectivity index (χ2v) is 12.0. The van der Waals surface area contributed by atoms with Gasteiger partial charge >= 0.3 is 11.9 Å². The molecule has 4 N–H and O–H groups in total. The Kier molecular flexibility index (Phi) is 24.5. The Morgan fingerprint density at radius 2 is 1.20 bits per heavy atom. The molecule has 1 rings (SSSR count). The Bertz CT molecular complexity index is 744. The monoisotopic (exact) mass is 630 g/mol. The number of aliphatic hydroxyl groups is 4. The van der Waals surface area contributed by atoms with Crippen molar-refractivity contribution in [3.63, 3.8) is 0 Å². The van der Waals surface area contributed by atoms with E-state index in [-0.39, 0.29) is 26.1 Å². The van der Waals surface area contributed by atoms with Crippen molar-refractivity contribution in [1.29, 1.82) is 0 Å². The minimum atomic E-state index is -1.59. The number of hydrogen-bond donors (Lipinski definition) is 4. The van der Waals surface area contributed by atoms with E-state index in [0.29, 0.717) is 12.8 Å². The third kappa shape index (κ3) is 19.1. The fourth-order valence-electron chi connectivity index (χ4n) is 5.06. The van der Waals surface area contributed by atoms with Gasteiger partial charge in [-0.05, 0) is 38.5 Å². The molecule has 0 aromatic carbocycles. The van der Waals surface area contributed by atoms with Gasteiger partial charge in [-0.1, -0.05) is 96.6 Å². The van der Waals surface area contributed by atoms with Crippen LogP contribution in [0.15, 0.2) is 12.2 Å². The van der Waals surface area contributed by atoms with Gasteiger partial charge in [0.15, 0.2) is 12.4 Å². The van der Waals surface area contributed by atoms with E-state index in [2.05, 4.69) is 19.1 Å². The molecule has 10 heteroatoms. The summed E-state index contributed by atoms with van der Waals surface area (Å²) in [5.41, 5.74) is 0. The van der Waals surface area contributed by atoms with Crippen LogP contribution in [0, 0.1) is 0 Å². The lowest BCUT2D eigenvalue weighted by molar-refractivity contribution is -0.305. The molecule has 0 aromatic heterocycles. The Morgan fingerprint density at radius 1 is 0.682 bits per heavy atom. The molecule has 1 fully saturated rings. The molecule has 10 nitrogen and oxygen atoms in total. The number of allylic oxidation sites excluding steroid dienone is 2. The zero-order chi connectivity index (χ0) is 32.4. The molecule has 0 radical (unpaired) electrons. The predicted molar refractivity (Wildman–Crippen MR) is 169 cm³/mol. The maximum Gasteiger partial charge on any atom is 0.306 e. The van der Waals surface area contributed by atoms with Crippen molar-refractivity contribution in [1.82, 2.24) is 0 Å². The molecule has 0 bridgehead atoms. The number of ether oxygens (including phenoxy) is 4. The number of unbranched alkanes of at least 4 members (excludes halogenated alkanes) is 14. The van der Waals surface area contributed by atoms with Crippen LogP contribution in [0.1, 0.15) is 136 Å². The van der Waals surface area contributed by atoms with E-state index in [4.69, 9.17) is 18.9 Å². The topological polar surface area (TPSA) is 152 Å². The molecule has 44 heavy (non-hydrogen) atoms. The predicted octanol–water partition coefficient (Wildman–Crippen LogP) is 5.27. The molecule has 258 valence electrons. The number of esters is 2. The van der Waals surface area contributed by atoms with Crippen molar-refractivity contribution >= 4 is 11.9 Å².